The molecule has 0 saturated carbocycles. The molecule has 148 valence electrons. The molecule has 0 atom stereocenters. The molecule has 1 N–H and O–H groups in total. The van der Waals surface area contributed by atoms with E-state index in [1.807, 2.05) is 28.9 Å². The zero-order chi connectivity index (χ0) is 20.7. The van der Waals surface area contributed by atoms with Gasteiger partial charge in [-0.2, -0.15) is 5.10 Å². The van der Waals surface area contributed by atoms with E-state index in [4.69, 9.17) is 11.6 Å². The molecule has 11 heteroatoms. The largest absolute Gasteiger partial charge is 0.321 e. The molecule has 0 aliphatic carbocycles. The van der Waals surface area contributed by atoms with Crippen LogP contribution in [-0.2, 0) is 6.54 Å². The second-order valence-electron chi connectivity index (χ2n) is 6.29. The number of carbonyl (C=O) groups is 1. The van der Waals surface area contributed by atoms with Gasteiger partial charge < -0.3 is 5.32 Å². The monoisotopic (exact) mass is 499 g/mol. The van der Waals surface area contributed by atoms with E-state index in [0.717, 1.165) is 16.6 Å². The quantitative estimate of drug-likeness (QED) is 0.364. The maximum Gasteiger partial charge on any atom is 0.258 e. The third-order valence-electron chi connectivity index (χ3n) is 4.49. The molecule has 8 nitrogen and oxygen atoms in total. The zero-order valence-electron chi connectivity index (χ0n) is 15.1. The van der Waals surface area contributed by atoms with Crippen molar-refractivity contribution in [1.82, 2.24) is 29.7 Å². The van der Waals surface area contributed by atoms with Gasteiger partial charge in [0.25, 0.3) is 5.91 Å². The number of fused-ring (bicyclic) bond motifs is 2. The second kappa shape index (κ2) is 7.71. The first kappa shape index (κ1) is 19.0. The Morgan fingerprint density at radius 3 is 2.93 bits per heavy atom. The fourth-order valence-electron chi connectivity index (χ4n) is 3.14. The average molecular weight is 501 g/mol. The zero-order valence-corrected chi connectivity index (χ0v) is 18.2. The Hall–Kier alpha value is -2.95. The number of hydrogen-bond donors (Lipinski definition) is 1. The summed E-state index contributed by atoms with van der Waals surface area (Å²) in [5.74, 6) is -0.279. The van der Waals surface area contributed by atoms with Crippen molar-refractivity contribution >= 4 is 71.6 Å². The Morgan fingerprint density at radius 2 is 2.10 bits per heavy atom. The lowest BCUT2D eigenvalue weighted by atomic mass is 10.2. The minimum Gasteiger partial charge on any atom is -0.321 e. The Labute approximate surface area is 187 Å². The van der Waals surface area contributed by atoms with Crippen LogP contribution in [-0.4, -0.2) is 35.6 Å². The minimum absolute atomic E-state index is 0.279. The lowest BCUT2D eigenvalue weighted by Crippen LogP contribution is -2.12. The molecule has 0 radical (unpaired) electrons. The van der Waals surface area contributed by atoms with E-state index in [1.165, 1.54) is 24.0 Å². The molecule has 5 rings (SSSR count). The van der Waals surface area contributed by atoms with E-state index >= 15 is 0 Å². The third-order valence-corrected chi connectivity index (χ3v) is 6.42. The summed E-state index contributed by atoms with van der Waals surface area (Å²) in [6, 6.07) is 7.48. The van der Waals surface area contributed by atoms with E-state index in [2.05, 4.69) is 46.3 Å². The maximum atomic E-state index is 13.0. The lowest BCUT2D eigenvalue weighted by molar-refractivity contribution is 0.102. The van der Waals surface area contributed by atoms with Gasteiger partial charge in [0.05, 0.1) is 44.6 Å². The van der Waals surface area contributed by atoms with Crippen molar-refractivity contribution < 1.29 is 4.79 Å². The van der Waals surface area contributed by atoms with Crippen LogP contribution in [0.2, 0.25) is 5.15 Å². The van der Waals surface area contributed by atoms with Crippen molar-refractivity contribution in [2.24, 2.45) is 0 Å². The number of nitrogens with one attached hydrogen (secondary N) is 1. The van der Waals surface area contributed by atoms with Gasteiger partial charge in [0.2, 0.25) is 0 Å². The van der Waals surface area contributed by atoms with Crippen molar-refractivity contribution in [3.8, 4) is 0 Å². The van der Waals surface area contributed by atoms with Crippen LogP contribution in [0.4, 0.5) is 5.69 Å². The van der Waals surface area contributed by atoms with Crippen molar-refractivity contribution in [2.45, 2.75) is 6.54 Å². The number of carbonyl (C=O) groups excluding carboxylic acids is 1. The van der Waals surface area contributed by atoms with Crippen LogP contribution >= 0.6 is 38.9 Å². The molecule has 4 heterocycles. The smallest absolute Gasteiger partial charge is 0.258 e. The molecular formula is C19H11BrClN7OS. The van der Waals surface area contributed by atoms with Crippen LogP contribution in [0.5, 0.6) is 0 Å². The van der Waals surface area contributed by atoms with E-state index in [1.54, 1.807) is 11.6 Å². The first-order valence-corrected chi connectivity index (χ1v) is 10.8. The standard InChI is InChI=1S/C19H11BrClN7OS/c20-17-14-12(26-19(29)11-7-30-16-15(11)24-9-25-18(16)21)2-1-3-13(14)28(27-17)6-10-4-5-22-8-23-10/h1-5,7-9H,6H2,(H,26,29). The molecule has 0 spiro atoms. The van der Waals surface area contributed by atoms with E-state index < -0.39 is 0 Å². The van der Waals surface area contributed by atoms with Gasteiger partial charge in [0, 0.05) is 11.6 Å². The summed E-state index contributed by atoms with van der Waals surface area (Å²) < 4.78 is 3.13. The summed E-state index contributed by atoms with van der Waals surface area (Å²) in [6.07, 6.45) is 4.54. The number of anilines is 1. The summed E-state index contributed by atoms with van der Waals surface area (Å²) in [4.78, 5) is 29.3. The number of hydrogen-bond acceptors (Lipinski definition) is 7. The molecule has 0 saturated heterocycles. The molecular weight excluding hydrogens is 490 g/mol. The normalized spacial score (nSPS) is 11.3. The maximum absolute atomic E-state index is 13.0. The Bertz CT molecular complexity index is 1400. The van der Waals surface area contributed by atoms with E-state index in [9.17, 15) is 4.79 Å². The highest BCUT2D eigenvalue weighted by Crippen LogP contribution is 2.33. The van der Waals surface area contributed by atoms with Crippen LogP contribution in [0.1, 0.15) is 16.1 Å². The summed E-state index contributed by atoms with van der Waals surface area (Å²) in [5, 5.41) is 10.4. The van der Waals surface area contributed by atoms with Gasteiger partial charge in [-0.15, -0.1) is 11.3 Å². The molecule has 5 aromatic rings. The van der Waals surface area contributed by atoms with Crippen LogP contribution in [0.3, 0.4) is 0 Å². The predicted octanol–water partition coefficient (Wildman–Crippen LogP) is 4.55. The first-order chi connectivity index (χ1) is 14.6. The number of aromatic nitrogens is 6. The molecule has 0 unspecified atom stereocenters. The van der Waals surface area contributed by atoms with Gasteiger partial charge in [-0.1, -0.05) is 17.7 Å². The summed E-state index contributed by atoms with van der Waals surface area (Å²) in [5.41, 5.74) is 3.30. The fourth-order valence-corrected chi connectivity index (χ4v) is 4.90. The van der Waals surface area contributed by atoms with Crippen molar-refractivity contribution in [3.05, 3.63) is 69.5 Å². The van der Waals surface area contributed by atoms with Gasteiger partial charge in [-0.05, 0) is 34.1 Å². The molecule has 0 fully saturated rings. The summed E-state index contributed by atoms with van der Waals surface area (Å²) in [6.45, 7) is 0.479. The topological polar surface area (TPSA) is 98.5 Å². The second-order valence-corrected chi connectivity index (χ2v) is 8.28. The highest BCUT2D eigenvalue weighted by atomic mass is 79.9. The fraction of sp³-hybridized carbons (Fsp3) is 0.0526. The van der Waals surface area contributed by atoms with E-state index in [0.29, 0.717) is 37.8 Å². The highest BCUT2D eigenvalue weighted by Gasteiger charge is 2.19. The predicted molar refractivity (Wildman–Crippen MR) is 119 cm³/mol. The van der Waals surface area contributed by atoms with Crippen LogP contribution in [0.15, 0.2) is 53.1 Å². The Balaban J connectivity index is 1.51. The highest BCUT2D eigenvalue weighted by molar-refractivity contribution is 9.10. The molecule has 30 heavy (non-hydrogen) atoms. The number of thiophene rings is 1. The molecule has 1 aromatic carbocycles. The molecule has 0 aliphatic heterocycles. The van der Waals surface area contributed by atoms with Gasteiger partial charge in [-0.3, -0.25) is 9.48 Å². The molecule has 0 aliphatic rings. The minimum atomic E-state index is -0.279. The number of benzene rings is 1. The third kappa shape index (κ3) is 3.32. The number of rotatable bonds is 4. The Morgan fingerprint density at radius 1 is 1.20 bits per heavy atom. The number of nitrogens with zero attached hydrogens (tertiary/aromatic N) is 6. The van der Waals surface area contributed by atoms with Crippen molar-refractivity contribution in [2.75, 3.05) is 5.32 Å². The van der Waals surface area contributed by atoms with E-state index in [-0.39, 0.29) is 5.91 Å². The van der Waals surface area contributed by atoms with Gasteiger partial charge >= 0.3 is 0 Å². The summed E-state index contributed by atoms with van der Waals surface area (Å²) >= 11 is 11.0. The lowest BCUT2D eigenvalue weighted by Gasteiger charge is -2.07. The van der Waals surface area contributed by atoms with Crippen LogP contribution in [0.25, 0.3) is 21.1 Å². The molecule has 0 bridgehead atoms. The van der Waals surface area contributed by atoms with Gasteiger partial charge in [-0.25, -0.2) is 19.9 Å². The van der Waals surface area contributed by atoms with Crippen molar-refractivity contribution in [1.29, 1.82) is 0 Å². The summed E-state index contributed by atoms with van der Waals surface area (Å²) in [7, 11) is 0. The number of halogens is 2. The van der Waals surface area contributed by atoms with Crippen LogP contribution in [0, 0.1) is 0 Å². The SMILES string of the molecule is O=C(Nc1cccc2c1c(Br)nn2Cc1ccncn1)c1csc2c(Cl)ncnc12. The first-order valence-electron chi connectivity index (χ1n) is 8.71. The van der Waals surface area contributed by atoms with Crippen molar-refractivity contribution in [3.63, 3.8) is 0 Å². The Kier molecular flexibility index (Phi) is 4.89. The van der Waals surface area contributed by atoms with Crippen LogP contribution < -0.4 is 5.32 Å². The van der Waals surface area contributed by atoms with Gasteiger partial charge in [0.1, 0.15) is 22.4 Å². The number of amides is 1. The average Bonchev–Trinajstić information content (AvgIpc) is 3.32. The molecule has 1 amide bonds. The van der Waals surface area contributed by atoms with Gasteiger partial charge in [0.15, 0.2) is 0 Å². The molecule has 4 aromatic heterocycles.